The average Bonchev–Trinajstić information content (AvgIpc) is 2.51. The van der Waals surface area contributed by atoms with Crippen LogP contribution in [0.2, 0.25) is 0 Å². The van der Waals surface area contributed by atoms with Gasteiger partial charge in [0.25, 0.3) is 0 Å². The maximum absolute atomic E-state index is 12.2. The predicted octanol–water partition coefficient (Wildman–Crippen LogP) is 3.78. The molecule has 4 nitrogen and oxygen atoms in total. The Morgan fingerprint density at radius 1 is 0.955 bits per heavy atom. The summed E-state index contributed by atoms with van der Waals surface area (Å²) in [5, 5.41) is 21.3. The van der Waals surface area contributed by atoms with Crippen LogP contribution in [-0.4, -0.2) is 16.2 Å². The summed E-state index contributed by atoms with van der Waals surface area (Å²) in [6.07, 6.45) is 0. The van der Waals surface area contributed by atoms with E-state index in [0.29, 0.717) is 16.5 Å². The van der Waals surface area contributed by atoms with E-state index in [9.17, 15) is 15.0 Å². The molecule has 3 aromatic carbocycles. The topological polar surface area (TPSA) is 66.8 Å². The zero-order valence-electron chi connectivity index (χ0n) is 11.9. The summed E-state index contributed by atoms with van der Waals surface area (Å²) in [5.74, 6) is -0.622. The average molecular weight is 294 g/mol. The van der Waals surface area contributed by atoms with Crippen LogP contribution < -0.4 is 4.74 Å². The molecule has 0 radical (unpaired) electrons. The molecule has 0 spiro atoms. The van der Waals surface area contributed by atoms with Gasteiger partial charge in [0.15, 0.2) is 0 Å². The lowest BCUT2D eigenvalue weighted by molar-refractivity contribution is 0.0731. The van der Waals surface area contributed by atoms with Crippen molar-refractivity contribution >= 4 is 16.7 Å². The Labute approximate surface area is 127 Å². The predicted molar refractivity (Wildman–Crippen MR) is 83.4 cm³/mol. The molecule has 0 bridgehead atoms. The summed E-state index contributed by atoms with van der Waals surface area (Å²) in [5.41, 5.74) is 0.843. The highest BCUT2D eigenvalue weighted by Crippen LogP contribution is 2.36. The van der Waals surface area contributed by atoms with Crippen molar-refractivity contribution in [1.29, 1.82) is 0 Å². The van der Waals surface area contributed by atoms with Gasteiger partial charge in [-0.3, -0.25) is 0 Å². The van der Waals surface area contributed by atoms with E-state index < -0.39 is 5.97 Å². The monoisotopic (exact) mass is 294 g/mol. The minimum atomic E-state index is -0.720. The molecule has 4 heteroatoms. The van der Waals surface area contributed by atoms with Crippen molar-refractivity contribution in [2.24, 2.45) is 0 Å². The number of fused-ring (bicyclic) bond motifs is 1. The number of phenolic OH excluding ortho intramolecular Hbond substituents is 2. The van der Waals surface area contributed by atoms with Crippen molar-refractivity contribution in [1.82, 2.24) is 0 Å². The van der Waals surface area contributed by atoms with Crippen molar-refractivity contribution in [3.8, 4) is 17.2 Å². The largest absolute Gasteiger partial charge is 0.507 e. The van der Waals surface area contributed by atoms with Crippen LogP contribution in [0.4, 0.5) is 0 Å². The highest BCUT2D eigenvalue weighted by Gasteiger charge is 2.19. The zero-order chi connectivity index (χ0) is 15.7. The number of phenols is 2. The number of rotatable bonds is 2. The van der Waals surface area contributed by atoms with E-state index >= 15 is 0 Å². The number of carbonyl (C=O) groups is 1. The van der Waals surface area contributed by atoms with Gasteiger partial charge in [-0.15, -0.1) is 0 Å². The maximum atomic E-state index is 12.2. The third-order valence-electron chi connectivity index (χ3n) is 3.42. The van der Waals surface area contributed by atoms with E-state index in [1.807, 2.05) is 13.0 Å². The quantitative estimate of drug-likeness (QED) is 0.429. The summed E-state index contributed by atoms with van der Waals surface area (Å²) in [4.78, 5) is 12.2. The minimum Gasteiger partial charge on any atom is -0.507 e. The van der Waals surface area contributed by atoms with E-state index in [1.165, 1.54) is 6.07 Å². The van der Waals surface area contributed by atoms with E-state index in [-0.39, 0.29) is 17.1 Å². The van der Waals surface area contributed by atoms with Gasteiger partial charge in [-0.25, -0.2) is 4.79 Å². The van der Waals surface area contributed by atoms with Gasteiger partial charge in [0.05, 0.1) is 0 Å². The molecule has 0 saturated heterocycles. The molecule has 0 amide bonds. The molecule has 3 rings (SSSR count). The van der Waals surface area contributed by atoms with Crippen molar-refractivity contribution in [2.45, 2.75) is 6.92 Å². The molecule has 0 unspecified atom stereocenters. The second-order valence-corrected chi connectivity index (χ2v) is 5.04. The number of carbonyl (C=O) groups excluding carboxylic acids is 1. The molecule has 0 fully saturated rings. The van der Waals surface area contributed by atoms with Gasteiger partial charge in [0.2, 0.25) is 0 Å². The molecular weight excluding hydrogens is 280 g/mol. The second kappa shape index (κ2) is 5.41. The van der Waals surface area contributed by atoms with Crippen LogP contribution in [0.5, 0.6) is 17.2 Å². The van der Waals surface area contributed by atoms with E-state index in [4.69, 9.17) is 4.74 Å². The third kappa shape index (κ3) is 2.46. The minimum absolute atomic E-state index is 0.0700. The van der Waals surface area contributed by atoms with Crippen molar-refractivity contribution in [2.75, 3.05) is 0 Å². The molecule has 0 aliphatic carbocycles. The SMILES string of the molecule is Cc1ccc2c(O)cc(C(=O)Oc3ccccc3)c(O)c2c1. The first-order chi connectivity index (χ1) is 10.6. The van der Waals surface area contributed by atoms with Gasteiger partial charge in [0.1, 0.15) is 22.8 Å². The molecule has 2 N–H and O–H groups in total. The summed E-state index contributed by atoms with van der Waals surface area (Å²) >= 11 is 0. The van der Waals surface area contributed by atoms with Crippen LogP contribution in [-0.2, 0) is 0 Å². The molecule has 0 atom stereocenters. The van der Waals surface area contributed by atoms with Crippen LogP contribution in [0.25, 0.3) is 10.8 Å². The number of ether oxygens (including phenoxy) is 1. The van der Waals surface area contributed by atoms with Crippen molar-refractivity contribution in [3.05, 3.63) is 65.7 Å². The second-order valence-electron chi connectivity index (χ2n) is 5.04. The normalized spacial score (nSPS) is 10.6. The number of aromatic hydroxyl groups is 2. The van der Waals surface area contributed by atoms with E-state index in [1.54, 1.807) is 42.5 Å². The van der Waals surface area contributed by atoms with Gasteiger partial charge in [-0.2, -0.15) is 0 Å². The third-order valence-corrected chi connectivity index (χ3v) is 3.42. The van der Waals surface area contributed by atoms with Crippen molar-refractivity contribution in [3.63, 3.8) is 0 Å². The summed E-state index contributed by atoms with van der Waals surface area (Å²) in [6, 6.07) is 15.0. The Hall–Kier alpha value is -3.01. The Kier molecular flexibility index (Phi) is 3.43. The number of benzene rings is 3. The Balaban J connectivity index is 2.07. The Bertz CT molecular complexity index is 854. The number of hydrogen-bond donors (Lipinski definition) is 2. The van der Waals surface area contributed by atoms with Crippen LogP contribution in [0.3, 0.4) is 0 Å². The molecular formula is C18H14O4. The number of para-hydroxylation sites is 1. The Morgan fingerprint density at radius 2 is 1.68 bits per heavy atom. The lowest BCUT2D eigenvalue weighted by atomic mass is 10.0. The number of esters is 1. The van der Waals surface area contributed by atoms with Gasteiger partial charge in [0, 0.05) is 10.8 Å². The lowest BCUT2D eigenvalue weighted by Crippen LogP contribution is -2.08. The smallest absolute Gasteiger partial charge is 0.347 e. The van der Waals surface area contributed by atoms with Gasteiger partial charge in [-0.1, -0.05) is 35.9 Å². The molecule has 22 heavy (non-hydrogen) atoms. The highest BCUT2D eigenvalue weighted by atomic mass is 16.5. The Morgan fingerprint density at radius 3 is 2.41 bits per heavy atom. The molecule has 0 saturated carbocycles. The summed E-state index contributed by atoms with van der Waals surface area (Å²) in [6.45, 7) is 1.87. The summed E-state index contributed by atoms with van der Waals surface area (Å²) in [7, 11) is 0. The molecule has 0 aromatic heterocycles. The van der Waals surface area contributed by atoms with Crippen LogP contribution in [0.15, 0.2) is 54.6 Å². The zero-order valence-corrected chi connectivity index (χ0v) is 11.9. The first kappa shape index (κ1) is 13.9. The molecule has 0 aliphatic heterocycles. The van der Waals surface area contributed by atoms with Gasteiger partial charge in [-0.05, 0) is 31.2 Å². The number of aryl methyl sites for hydroxylation is 1. The first-order valence-corrected chi connectivity index (χ1v) is 6.79. The fourth-order valence-electron chi connectivity index (χ4n) is 2.31. The van der Waals surface area contributed by atoms with Gasteiger partial charge >= 0.3 is 5.97 Å². The number of hydrogen-bond acceptors (Lipinski definition) is 4. The first-order valence-electron chi connectivity index (χ1n) is 6.79. The molecule has 3 aromatic rings. The van der Waals surface area contributed by atoms with Crippen LogP contribution >= 0.6 is 0 Å². The molecule has 0 heterocycles. The van der Waals surface area contributed by atoms with Crippen LogP contribution in [0, 0.1) is 6.92 Å². The van der Waals surface area contributed by atoms with Crippen molar-refractivity contribution < 1.29 is 19.7 Å². The highest BCUT2D eigenvalue weighted by molar-refractivity contribution is 6.04. The van der Waals surface area contributed by atoms with Gasteiger partial charge < -0.3 is 14.9 Å². The fraction of sp³-hybridized carbons (Fsp3) is 0.0556. The standard InChI is InChI=1S/C18H14O4/c1-11-7-8-13-14(9-11)17(20)15(10-16(13)19)18(21)22-12-5-3-2-4-6-12/h2-10,19-20H,1H3. The van der Waals surface area contributed by atoms with E-state index in [2.05, 4.69) is 0 Å². The maximum Gasteiger partial charge on any atom is 0.347 e. The molecule has 110 valence electrons. The fourth-order valence-corrected chi connectivity index (χ4v) is 2.31. The molecule has 0 aliphatic rings. The lowest BCUT2D eigenvalue weighted by Gasteiger charge is -2.10. The van der Waals surface area contributed by atoms with E-state index in [0.717, 1.165) is 5.56 Å². The van der Waals surface area contributed by atoms with Crippen LogP contribution in [0.1, 0.15) is 15.9 Å². The summed E-state index contributed by atoms with van der Waals surface area (Å²) < 4.78 is 5.21.